The number of carboxylic acids is 1. The molecule has 92 valence electrons. The van der Waals surface area contributed by atoms with Crippen LogP contribution in [0.4, 0.5) is 0 Å². The Morgan fingerprint density at radius 2 is 1.75 bits per heavy atom. The van der Waals surface area contributed by atoms with Crippen molar-refractivity contribution in [2.45, 2.75) is 45.8 Å². The van der Waals surface area contributed by atoms with Crippen molar-refractivity contribution in [3.8, 4) is 0 Å². The van der Waals surface area contributed by atoms with Crippen molar-refractivity contribution in [2.24, 2.45) is 0 Å². The van der Waals surface area contributed by atoms with Gasteiger partial charge in [0.2, 0.25) is 6.10 Å². The van der Waals surface area contributed by atoms with Crippen molar-refractivity contribution in [3.63, 3.8) is 0 Å². The third-order valence-electron chi connectivity index (χ3n) is 1.34. The van der Waals surface area contributed by atoms with Gasteiger partial charge in [-0.05, 0) is 20.8 Å². The molecule has 0 aromatic rings. The lowest BCUT2D eigenvalue weighted by atomic mass is 10.2. The van der Waals surface area contributed by atoms with Crippen LogP contribution in [0.2, 0.25) is 0 Å². The lowest BCUT2D eigenvalue weighted by Gasteiger charge is -2.22. The van der Waals surface area contributed by atoms with E-state index in [2.05, 4.69) is 4.74 Å². The molecule has 0 saturated carbocycles. The predicted octanol–water partition coefficient (Wildman–Crippen LogP) is 0.734. The highest BCUT2D eigenvalue weighted by Gasteiger charge is 2.29. The second-order valence-electron chi connectivity index (χ2n) is 4.23. The summed E-state index contributed by atoms with van der Waals surface area (Å²) in [5.74, 6) is -2.82. The summed E-state index contributed by atoms with van der Waals surface area (Å²) in [5.41, 5.74) is -0.756. The van der Waals surface area contributed by atoms with Crippen molar-refractivity contribution in [1.82, 2.24) is 0 Å². The van der Waals surface area contributed by atoms with Gasteiger partial charge in [-0.15, -0.1) is 0 Å². The highest BCUT2D eigenvalue weighted by Crippen LogP contribution is 2.11. The highest BCUT2D eigenvalue weighted by molar-refractivity contribution is 5.83. The van der Waals surface area contributed by atoms with Crippen molar-refractivity contribution in [1.29, 1.82) is 0 Å². The molecule has 0 heterocycles. The maximum absolute atomic E-state index is 11.5. The molecule has 0 amide bonds. The first-order valence-electron chi connectivity index (χ1n) is 4.73. The number of esters is 2. The Morgan fingerprint density at radius 3 is 2.06 bits per heavy atom. The zero-order chi connectivity index (χ0) is 12.9. The van der Waals surface area contributed by atoms with Gasteiger partial charge in [-0.3, -0.25) is 9.59 Å². The SMILES string of the molecule is CC(=O)OC(CC(=O)O)C(=O)OC(C)(C)C. The molecule has 6 heteroatoms. The second kappa shape index (κ2) is 5.48. The van der Waals surface area contributed by atoms with Crippen LogP contribution in [-0.4, -0.2) is 34.7 Å². The normalized spacial score (nSPS) is 12.8. The van der Waals surface area contributed by atoms with Gasteiger partial charge < -0.3 is 14.6 Å². The minimum absolute atomic E-state index is 0.603. The van der Waals surface area contributed by atoms with E-state index >= 15 is 0 Å². The Kier molecular flexibility index (Phi) is 4.94. The van der Waals surface area contributed by atoms with Gasteiger partial charge in [0.05, 0.1) is 6.42 Å². The summed E-state index contributed by atoms with van der Waals surface area (Å²) in [6, 6.07) is 0. The zero-order valence-corrected chi connectivity index (χ0v) is 9.77. The number of carbonyl (C=O) groups excluding carboxylic acids is 2. The van der Waals surface area contributed by atoms with Crippen LogP contribution in [0.25, 0.3) is 0 Å². The van der Waals surface area contributed by atoms with Crippen molar-refractivity contribution >= 4 is 17.9 Å². The van der Waals surface area contributed by atoms with Gasteiger partial charge in [-0.2, -0.15) is 0 Å². The van der Waals surface area contributed by atoms with Crippen LogP contribution in [0, 0.1) is 0 Å². The van der Waals surface area contributed by atoms with E-state index in [4.69, 9.17) is 9.84 Å². The van der Waals surface area contributed by atoms with Gasteiger partial charge in [0.15, 0.2) is 0 Å². The van der Waals surface area contributed by atoms with Gasteiger partial charge in [0.25, 0.3) is 0 Å². The molecule has 0 spiro atoms. The summed E-state index contributed by atoms with van der Waals surface area (Å²) < 4.78 is 9.50. The van der Waals surface area contributed by atoms with Crippen LogP contribution in [0.15, 0.2) is 0 Å². The number of carboxylic acid groups (broad SMARTS) is 1. The van der Waals surface area contributed by atoms with Gasteiger partial charge in [-0.25, -0.2) is 4.79 Å². The van der Waals surface area contributed by atoms with Crippen molar-refractivity contribution in [2.75, 3.05) is 0 Å². The van der Waals surface area contributed by atoms with Crippen LogP contribution >= 0.6 is 0 Å². The zero-order valence-electron chi connectivity index (χ0n) is 9.77. The molecule has 1 N–H and O–H groups in total. The van der Waals surface area contributed by atoms with E-state index in [1.54, 1.807) is 20.8 Å². The quantitative estimate of drug-likeness (QED) is 0.719. The molecule has 0 saturated heterocycles. The van der Waals surface area contributed by atoms with E-state index in [1.165, 1.54) is 0 Å². The molecule has 1 unspecified atom stereocenters. The average molecular weight is 232 g/mol. The lowest BCUT2D eigenvalue weighted by molar-refractivity contribution is -0.177. The number of hydrogen-bond donors (Lipinski definition) is 1. The smallest absolute Gasteiger partial charge is 0.348 e. The number of aliphatic carboxylic acids is 1. The van der Waals surface area contributed by atoms with Crippen LogP contribution in [0.5, 0.6) is 0 Å². The van der Waals surface area contributed by atoms with Gasteiger partial charge in [0.1, 0.15) is 5.60 Å². The van der Waals surface area contributed by atoms with Crippen LogP contribution in [-0.2, 0) is 23.9 Å². The Labute approximate surface area is 93.5 Å². The first kappa shape index (κ1) is 14.4. The minimum atomic E-state index is -1.39. The average Bonchev–Trinajstić information content (AvgIpc) is 1.97. The van der Waals surface area contributed by atoms with Crippen LogP contribution < -0.4 is 0 Å². The molecular weight excluding hydrogens is 216 g/mol. The van der Waals surface area contributed by atoms with E-state index in [0.717, 1.165) is 6.92 Å². The fourth-order valence-corrected chi connectivity index (χ4v) is 0.900. The molecular formula is C10H16O6. The Morgan fingerprint density at radius 1 is 1.25 bits per heavy atom. The molecule has 0 radical (unpaired) electrons. The topological polar surface area (TPSA) is 89.9 Å². The largest absolute Gasteiger partial charge is 0.481 e. The molecule has 0 bridgehead atoms. The Bertz CT molecular complexity index is 272. The maximum atomic E-state index is 11.5. The molecule has 0 aromatic carbocycles. The Balaban J connectivity index is 4.56. The van der Waals surface area contributed by atoms with Gasteiger partial charge in [-0.1, -0.05) is 0 Å². The summed E-state index contributed by atoms with van der Waals surface area (Å²) in [7, 11) is 0. The third kappa shape index (κ3) is 6.80. The predicted molar refractivity (Wildman–Crippen MR) is 53.7 cm³/mol. The summed E-state index contributed by atoms with van der Waals surface area (Å²) >= 11 is 0. The molecule has 0 aliphatic heterocycles. The monoisotopic (exact) mass is 232 g/mol. The van der Waals surface area contributed by atoms with Crippen LogP contribution in [0.3, 0.4) is 0 Å². The molecule has 0 aliphatic carbocycles. The number of ether oxygens (including phenoxy) is 2. The molecule has 0 rings (SSSR count). The summed E-state index contributed by atoms with van der Waals surface area (Å²) in [4.78, 5) is 32.6. The minimum Gasteiger partial charge on any atom is -0.481 e. The number of rotatable bonds is 4. The molecule has 0 fully saturated rings. The first-order valence-corrected chi connectivity index (χ1v) is 4.73. The van der Waals surface area contributed by atoms with E-state index < -0.39 is 36.0 Å². The summed E-state index contributed by atoms with van der Waals surface area (Å²) in [6.07, 6.45) is -2.00. The molecule has 1 atom stereocenters. The van der Waals surface area contributed by atoms with Gasteiger partial charge >= 0.3 is 17.9 Å². The van der Waals surface area contributed by atoms with Crippen molar-refractivity contribution in [3.05, 3.63) is 0 Å². The summed E-state index contributed by atoms with van der Waals surface area (Å²) in [5, 5.41) is 8.54. The van der Waals surface area contributed by atoms with E-state index in [9.17, 15) is 14.4 Å². The van der Waals surface area contributed by atoms with E-state index in [-0.39, 0.29) is 0 Å². The third-order valence-corrected chi connectivity index (χ3v) is 1.34. The van der Waals surface area contributed by atoms with E-state index in [0.29, 0.717) is 0 Å². The molecule has 0 aliphatic rings. The molecule has 6 nitrogen and oxygen atoms in total. The van der Waals surface area contributed by atoms with Crippen LogP contribution in [0.1, 0.15) is 34.1 Å². The van der Waals surface area contributed by atoms with E-state index in [1.807, 2.05) is 0 Å². The summed E-state index contributed by atoms with van der Waals surface area (Å²) in [6.45, 7) is 6.00. The number of hydrogen-bond acceptors (Lipinski definition) is 5. The highest BCUT2D eigenvalue weighted by atomic mass is 16.6. The second-order valence-corrected chi connectivity index (χ2v) is 4.23. The van der Waals surface area contributed by atoms with Crippen molar-refractivity contribution < 1.29 is 29.0 Å². The fourth-order valence-electron chi connectivity index (χ4n) is 0.900. The van der Waals surface area contributed by atoms with Gasteiger partial charge in [0, 0.05) is 6.92 Å². The first-order chi connectivity index (χ1) is 7.11. The Hall–Kier alpha value is -1.59. The standard InChI is InChI=1S/C10H16O6/c1-6(11)15-7(5-8(12)13)9(14)16-10(2,3)4/h7H,5H2,1-4H3,(H,12,13). The molecule has 16 heavy (non-hydrogen) atoms. The maximum Gasteiger partial charge on any atom is 0.348 e. The molecule has 0 aromatic heterocycles. The lowest BCUT2D eigenvalue weighted by Crippen LogP contribution is -2.35. The fraction of sp³-hybridized carbons (Fsp3) is 0.700. The number of carbonyl (C=O) groups is 3.